The van der Waals surface area contributed by atoms with Crippen LogP contribution < -0.4 is 4.90 Å². The highest BCUT2D eigenvalue weighted by Gasteiger charge is 2.55. The Morgan fingerprint density at radius 1 is 1.14 bits per heavy atom. The normalized spacial score (nSPS) is 23.0. The van der Waals surface area contributed by atoms with Crippen LogP contribution in [0.5, 0.6) is 0 Å². The van der Waals surface area contributed by atoms with Crippen LogP contribution in [-0.2, 0) is 11.3 Å². The summed E-state index contributed by atoms with van der Waals surface area (Å²) in [6.07, 6.45) is 5.80. The van der Waals surface area contributed by atoms with Crippen molar-refractivity contribution in [3.8, 4) is 5.69 Å². The van der Waals surface area contributed by atoms with Crippen molar-refractivity contribution < 1.29 is 13.9 Å². The second-order valence-electron chi connectivity index (χ2n) is 11.3. The second-order valence-corrected chi connectivity index (χ2v) is 11.7. The fraction of sp³-hybridized carbons (Fsp3) is 0.500. The molecule has 1 spiro atoms. The molecule has 0 N–H and O–H groups in total. The van der Waals surface area contributed by atoms with Gasteiger partial charge in [-0.2, -0.15) is 0 Å². The van der Waals surface area contributed by atoms with Gasteiger partial charge >= 0.3 is 6.09 Å². The molecule has 192 valence electrons. The molecule has 2 aromatic heterocycles. The first-order valence-corrected chi connectivity index (χ1v) is 13.1. The van der Waals surface area contributed by atoms with E-state index in [0.717, 1.165) is 61.7 Å². The Morgan fingerprint density at radius 2 is 1.84 bits per heavy atom. The molecule has 1 atom stereocenters. The lowest BCUT2D eigenvalue weighted by Crippen LogP contribution is -2.62. The highest BCUT2D eigenvalue weighted by Crippen LogP contribution is 2.56. The van der Waals surface area contributed by atoms with Crippen molar-refractivity contribution in [1.82, 2.24) is 29.6 Å². The molecule has 9 nitrogen and oxygen atoms in total. The molecule has 2 aliphatic heterocycles. The number of aromatic nitrogens is 5. The van der Waals surface area contributed by atoms with Crippen LogP contribution in [0, 0.1) is 11.2 Å². The zero-order valence-electron chi connectivity index (χ0n) is 20.7. The quantitative estimate of drug-likeness (QED) is 0.487. The van der Waals surface area contributed by atoms with Gasteiger partial charge in [-0.1, -0.05) is 11.6 Å². The van der Waals surface area contributed by atoms with Crippen LogP contribution in [0.15, 0.2) is 30.6 Å². The van der Waals surface area contributed by atoms with Gasteiger partial charge in [-0.05, 0) is 63.3 Å². The summed E-state index contributed by atoms with van der Waals surface area (Å²) in [5, 5.41) is 9.86. The van der Waals surface area contributed by atoms with Gasteiger partial charge in [0.15, 0.2) is 11.6 Å². The lowest BCUT2D eigenvalue weighted by atomic mass is 9.57. The molecule has 1 saturated heterocycles. The lowest BCUT2D eigenvalue weighted by Gasteiger charge is -2.58. The zero-order chi connectivity index (χ0) is 25.5. The largest absolute Gasteiger partial charge is 0.443 e. The van der Waals surface area contributed by atoms with Gasteiger partial charge in [0.05, 0.1) is 30.7 Å². The van der Waals surface area contributed by atoms with Gasteiger partial charge in [0.25, 0.3) is 0 Å². The van der Waals surface area contributed by atoms with Crippen molar-refractivity contribution in [2.75, 3.05) is 18.0 Å². The van der Waals surface area contributed by atoms with Gasteiger partial charge in [-0.15, -0.1) is 10.2 Å². The Bertz CT molecular complexity index is 1390. The molecule has 0 bridgehead atoms. The average Bonchev–Trinajstić information content (AvgIpc) is 3.41. The van der Waals surface area contributed by atoms with E-state index in [4.69, 9.17) is 16.3 Å². The van der Waals surface area contributed by atoms with E-state index in [1.165, 1.54) is 12.4 Å². The Kier molecular flexibility index (Phi) is 4.87. The minimum absolute atomic E-state index is 0.184. The maximum atomic E-state index is 13.2. The summed E-state index contributed by atoms with van der Waals surface area (Å²) >= 11 is 6.38. The molecule has 0 radical (unpaired) electrons. The van der Waals surface area contributed by atoms with Gasteiger partial charge in [-0.25, -0.2) is 19.2 Å². The number of benzene rings is 1. The molecule has 1 unspecified atom stereocenters. The second kappa shape index (κ2) is 7.86. The third-order valence-electron chi connectivity index (χ3n) is 8.37. The van der Waals surface area contributed by atoms with Crippen molar-refractivity contribution >= 4 is 23.6 Å². The van der Waals surface area contributed by atoms with Crippen molar-refractivity contribution in [3.05, 3.63) is 58.6 Å². The first kappa shape index (κ1) is 22.9. The zero-order valence-corrected chi connectivity index (χ0v) is 21.5. The van der Waals surface area contributed by atoms with Crippen molar-refractivity contribution in [2.45, 2.75) is 63.6 Å². The van der Waals surface area contributed by atoms with Crippen molar-refractivity contribution in [3.63, 3.8) is 0 Å². The average molecular weight is 524 g/mol. The van der Waals surface area contributed by atoms with E-state index in [1.54, 1.807) is 4.90 Å². The summed E-state index contributed by atoms with van der Waals surface area (Å²) in [5.41, 5.74) is 1.71. The van der Waals surface area contributed by atoms with Gasteiger partial charge in [0.2, 0.25) is 5.95 Å². The predicted molar refractivity (Wildman–Crippen MR) is 133 cm³/mol. The molecule has 2 saturated carbocycles. The fourth-order valence-electron chi connectivity index (χ4n) is 6.02. The molecule has 2 aliphatic carbocycles. The minimum Gasteiger partial charge on any atom is -0.443 e. The lowest BCUT2D eigenvalue weighted by molar-refractivity contribution is 0.0452. The molecule has 11 heteroatoms. The molecule has 37 heavy (non-hydrogen) atoms. The first-order chi connectivity index (χ1) is 17.7. The molecule has 3 aromatic rings. The van der Waals surface area contributed by atoms with Crippen molar-refractivity contribution in [2.24, 2.45) is 5.41 Å². The summed E-state index contributed by atoms with van der Waals surface area (Å²) < 4.78 is 21.1. The van der Waals surface area contributed by atoms with E-state index in [0.29, 0.717) is 17.5 Å². The van der Waals surface area contributed by atoms with E-state index in [-0.39, 0.29) is 29.1 Å². The first-order valence-electron chi connectivity index (χ1n) is 12.7. The van der Waals surface area contributed by atoms with Crippen LogP contribution in [-0.4, -0.2) is 54.4 Å². The molecule has 1 amide bonds. The van der Waals surface area contributed by atoms with Crippen LogP contribution in [0.4, 0.5) is 15.1 Å². The van der Waals surface area contributed by atoms with Crippen molar-refractivity contribution in [1.29, 1.82) is 0 Å². The number of halogens is 2. The Morgan fingerprint density at radius 3 is 2.54 bits per heavy atom. The molecule has 4 aliphatic rings. The topological polar surface area (TPSA) is 89.3 Å². The number of carbonyl (C=O) groups is 1. The van der Waals surface area contributed by atoms with E-state index >= 15 is 0 Å². The third kappa shape index (κ3) is 3.75. The van der Waals surface area contributed by atoms with Crippen LogP contribution >= 0.6 is 11.6 Å². The van der Waals surface area contributed by atoms with Gasteiger partial charge in [0, 0.05) is 29.4 Å². The predicted octanol–water partition coefficient (Wildman–Crippen LogP) is 4.80. The fourth-order valence-corrected chi connectivity index (χ4v) is 6.21. The number of hydrogen-bond acceptors (Lipinski definition) is 7. The van der Waals surface area contributed by atoms with Crippen LogP contribution in [0.2, 0.25) is 5.02 Å². The maximum absolute atomic E-state index is 13.2. The standard InChI is InChI=1S/C26H27ClFN7O2/c1-15-21-31-32-22(17-8-26(9-17)13-33(14-26)23-29-10-19(28)11-30-23)35(21)20-4-3-18(27)7-16(20)12-34(15)24(36)37-25(2)5-6-25/h3-4,7,10-11,15,17H,5-6,8-9,12-14H2,1-2H3. The van der Waals surface area contributed by atoms with Gasteiger partial charge < -0.3 is 9.64 Å². The molecule has 3 fully saturated rings. The summed E-state index contributed by atoms with van der Waals surface area (Å²) in [4.78, 5) is 25.2. The number of carbonyl (C=O) groups excluding carboxylic acids is 1. The van der Waals surface area contributed by atoms with E-state index in [2.05, 4.69) is 29.6 Å². The summed E-state index contributed by atoms with van der Waals surface area (Å²) in [6.45, 7) is 6.02. The summed E-state index contributed by atoms with van der Waals surface area (Å²) in [6, 6.07) is 5.46. The monoisotopic (exact) mass is 523 g/mol. The minimum atomic E-state index is -0.431. The van der Waals surface area contributed by atoms with E-state index in [1.807, 2.05) is 32.0 Å². The number of anilines is 1. The summed E-state index contributed by atoms with van der Waals surface area (Å²) in [5.74, 6) is 2.02. The number of nitrogens with zero attached hydrogens (tertiary/aromatic N) is 7. The number of ether oxygens (including phenoxy) is 1. The number of rotatable bonds is 3. The highest BCUT2D eigenvalue weighted by molar-refractivity contribution is 6.30. The van der Waals surface area contributed by atoms with E-state index < -0.39 is 5.82 Å². The maximum Gasteiger partial charge on any atom is 0.411 e. The highest BCUT2D eigenvalue weighted by atomic mass is 35.5. The number of fused-ring (bicyclic) bond motifs is 3. The SMILES string of the molecule is CC1c2nnc(C3CC4(C3)CN(c3ncc(F)cn3)C4)n2-c2ccc(Cl)cc2CN1C(=O)OC1(C)CC1. The molecule has 4 heterocycles. The molecule has 7 rings (SSSR count). The number of amides is 1. The van der Waals surface area contributed by atoms with Crippen LogP contribution in [0.3, 0.4) is 0 Å². The third-order valence-corrected chi connectivity index (χ3v) is 8.60. The summed E-state index contributed by atoms with van der Waals surface area (Å²) in [7, 11) is 0. The Hall–Kier alpha value is -3.27. The molecular weight excluding hydrogens is 497 g/mol. The van der Waals surface area contributed by atoms with Gasteiger partial charge in [-0.3, -0.25) is 9.47 Å². The van der Waals surface area contributed by atoms with Crippen LogP contribution in [0.25, 0.3) is 5.69 Å². The Labute approximate surface area is 218 Å². The smallest absolute Gasteiger partial charge is 0.411 e. The van der Waals surface area contributed by atoms with E-state index in [9.17, 15) is 9.18 Å². The number of hydrogen-bond donors (Lipinski definition) is 0. The molecular formula is C26H27ClFN7O2. The van der Waals surface area contributed by atoms with Gasteiger partial charge in [0.1, 0.15) is 11.4 Å². The van der Waals surface area contributed by atoms with Crippen LogP contribution in [0.1, 0.15) is 68.7 Å². The Balaban J connectivity index is 1.15. The molecule has 1 aromatic carbocycles.